The van der Waals surface area contributed by atoms with Crippen LogP contribution >= 0.6 is 0 Å². The van der Waals surface area contributed by atoms with Gasteiger partial charge in [0.1, 0.15) is 0 Å². The van der Waals surface area contributed by atoms with Crippen molar-refractivity contribution in [3.05, 3.63) is 81.8 Å². The van der Waals surface area contributed by atoms with Gasteiger partial charge >= 0.3 is 0 Å². The van der Waals surface area contributed by atoms with Crippen molar-refractivity contribution in [3.63, 3.8) is 0 Å². The van der Waals surface area contributed by atoms with Crippen molar-refractivity contribution >= 4 is 29.0 Å². The van der Waals surface area contributed by atoms with Crippen LogP contribution in [-0.4, -0.2) is 21.9 Å². The van der Waals surface area contributed by atoms with Gasteiger partial charge in [0.05, 0.1) is 11.6 Å². The third-order valence-corrected chi connectivity index (χ3v) is 5.14. The maximum Gasteiger partial charge on any atom is 0.292 e. The third-order valence-electron chi connectivity index (χ3n) is 5.14. The standard InChI is InChI=1S/C26H30N4O2/c1-3-5-7-14-21(18-20-12-8-6-9-13-20)19-27-28-25(31)24-22-15-10-11-16-23(22)26(32)30(29-24)17-4-2/h6,8-13,15-16,18-19H,3-5,7,14,17H2,1-2H3,(H,28,31)/b21-18+,27-19+. The van der Waals surface area contributed by atoms with Crippen LogP contribution in [-0.2, 0) is 6.54 Å². The Morgan fingerprint density at radius 2 is 1.72 bits per heavy atom. The summed E-state index contributed by atoms with van der Waals surface area (Å²) in [7, 11) is 0. The van der Waals surface area contributed by atoms with Crippen LogP contribution in [0.3, 0.4) is 0 Å². The van der Waals surface area contributed by atoms with E-state index in [0.29, 0.717) is 17.3 Å². The molecule has 3 aromatic rings. The summed E-state index contributed by atoms with van der Waals surface area (Å²) in [5.41, 5.74) is 4.74. The normalized spacial score (nSPS) is 11.9. The number of aryl methyl sites for hydroxylation is 1. The van der Waals surface area contributed by atoms with E-state index in [2.05, 4.69) is 28.6 Å². The lowest BCUT2D eigenvalue weighted by atomic mass is 10.1. The minimum atomic E-state index is -0.435. The fourth-order valence-electron chi connectivity index (χ4n) is 3.51. The van der Waals surface area contributed by atoms with E-state index in [1.54, 1.807) is 30.5 Å². The highest BCUT2D eigenvalue weighted by atomic mass is 16.2. The van der Waals surface area contributed by atoms with Crippen LogP contribution in [0.5, 0.6) is 0 Å². The molecule has 1 heterocycles. The summed E-state index contributed by atoms with van der Waals surface area (Å²) < 4.78 is 1.35. The van der Waals surface area contributed by atoms with Gasteiger partial charge in [0, 0.05) is 11.9 Å². The van der Waals surface area contributed by atoms with Crippen LogP contribution in [0.25, 0.3) is 16.8 Å². The van der Waals surface area contributed by atoms with E-state index in [9.17, 15) is 9.59 Å². The molecule has 32 heavy (non-hydrogen) atoms. The molecule has 0 saturated carbocycles. The molecular formula is C26H30N4O2. The summed E-state index contributed by atoms with van der Waals surface area (Å²) in [5, 5.41) is 9.54. The largest absolute Gasteiger partial charge is 0.292 e. The molecule has 0 atom stereocenters. The number of amides is 1. The molecule has 0 aliphatic carbocycles. The van der Waals surface area contributed by atoms with Gasteiger partial charge in [-0.15, -0.1) is 0 Å². The van der Waals surface area contributed by atoms with Gasteiger partial charge < -0.3 is 0 Å². The molecule has 0 aliphatic heterocycles. The minimum absolute atomic E-state index is 0.188. The summed E-state index contributed by atoms with van der Waals surface area (Å²) in [5.74, 6) is -0.435. The molecule has 0 unspecified atom stereocenters. The molecule has 0 saturated heterocycles. The molecule has 1 amide bonds. The van der Waals surface area contributed by atoms with Crippen molar-refractivity contribution in [2.45, 2.75) is 52.5 Å². The number of benzene rings is 2. The predicted molar refractivity (Wildman–Crippen MR) is 131 cm³/mol. The Balaban J connectivity index is 1.84. The van der Waals surface area contributed by atoms with Crippen molar-refractivity contribution < 1.29 is 4.79 Å². The second-order valence-electron chi connectivity index (χ2n) is 7.71. The summed E-state index contributed by atoms with van der Waals surface area (Å²) >= 11 is 0. The maximum atomic E-state index is 12.9. The van der Waals surface area contributed by atoms with Gasteiger partial charge in [-0.1, -0.05) is 81.3 Å². The van der Waals surface area contributed by atoms with Crippen molar-refractivity contribution in [3.8, 4) is 0 Å². The van der Waals surface area contributed by atoms with E-state index in [-0.39, 0.29) is 11.3 Å². The van der Waals surface area contributed by atoms with E-state index in [1.165, 1.54) is 4.68 Å². The van der Waals surface area contributed by atoms with Crippen LogP contribution < -0.4 is 11.0 Å². The Kier molecular flexibility index (Phi) is 8.49. The molecule has 1 N–H and O–H groups in total. The van der Waals surface area contributed by atoms with E-state index >= 15 is 0 Å². The Morgan fingerprint density at radius 3 is 2.44 bits per heavy atom. The highest BCUT2D eigenvalue weighted by Crippen LogP contribution is 2.14. The second-order valence-corrected chi connectivity index (χ2v) is 7.71. The summed E-state index contributed by atoms with van der Waals surface area (Å²) in [4.78, 5) is 25.5. The van der Waals surface area contributed by atoms with Gasteiger partial charge in [-0.2, -0.15) is 10.2 Å². The average molecular weight is 431 g/mol. The van der Waals surface area contributed by atoms with Crippen molar-refractivity contribution in [1.29, 1.82) is 0 Å². The van der Waals surface area contributed by atoms with Crippen molar-refractivity contribution in [2.75, 3.05) is 0 Å². The lowest BCUT2D eigenvalue weighted by Crippen LogP contribution is -2.29. The molecule has 6 nitrogen and oxygen atoms in total. The van der Waals surface area contributed by atoms with E-state index in [0.717, 1.165) is 43.2 Å². The monoisotopic (exact) mass is 430 g/mol. The number of hydrogen-bond acceptors (Lipinski definition) is 4. The van der Waals surface area contributed by atoms with Gasteiger partial charge in [0.25, 0.3) is 11.5 Å². The van der Waals surface area contributed by atoms with Crippen LogP contribution in [0.4, 0.5) is 0 Å². The smallest absolute Gasteiger partial charge is 0.267 e. The third kappa shape index (κ3) is 6.00. The molecular weight excluding hydrogens is 400 g/mol. The number of unbranched alkanes of at least 4 members (excludes halogenated alkanes) is 2. The van der Waals surface area contributed by atoms with E-state index < -0.39 is 5.91 Å². The fourth-order valence-corrected chi connectivity index (χ4v) is 3.51. The molecule has 1 aromatic heterocycles. The SMILES string of the molecule is CCCCCC(/C=N/NC(=O)c1nn(CCC)c(=O)c2ccccc12)=C\c1ccccc1. The Hall–Kier alpha value is -3.54. The molecule has 3 rings (SSSR count). The predicted octanol–water partition coefficient (Wildman–Crippen LogP) is 5.19. The Bertz CT molecular complexity index is 1160. The topological polar surface area (TPSA) is 76.3 Å². The fraction of sp³-hybridized carbons (Fsp3) is 0.308. The number of carbonyl (C=O) groups excluding carboxylic acids is 1. The zero-order valence-corrected chi connectivity index (χ0v) is 18.8. The van der Waals surface area contributed by atoms with Crippen molar-refractivity contribution in [2.24, 2.45) is 5.10 Å². The zero-order chi connectivity index (χ0) is 22.8. The first-order valence-electron chi connectivity index (χ1n) is 11.2. The molecule has 166 valence electrons. The summed E-state index contributed by atoms with van der Waals surface area (Å²) in [6.45, 7) is 4.59. The van der Waals surface area contributed by atoms with E-state index in [1.807, 2.05) is 37.3 Å². The molecule has 0 radical (unpaired) electrons. The van der Waals surface area contributed by atoms with Gasteiger partial charge in [-0.05, 0) is 36.5 Å². The van der Waals surface area contributed by atoms with Crippen LogP contribution in [0.15, 0.2) is 70.1 Å². The van der Waals surface area contributed by atoms with Gasteiger partial charge in [0.2, 0.25) is 0 Å². The van der Waals surface area contributed by atoms with Crippen LogP contribution in [0.1, 0.15) is 62.0 Å². The molecule has 0 bridgehead atoms. The molecule has 0 aliphatic rings. The number of rotatable bonds is 10. The zero-order valence-electron chi connectivity index (χ0n) is 18.8. The number of hydrogen-bond donors (Lipinski definition) is 1. The highest BCUT2D eigenvalue weighted by Gasteiger charge is 2.16. The molecule has 6 heteroatoms. The van der Waals surface area contributed by atoms with Gasteiger partial charge in [0.15, 0.2) is 5.69 Å². The second kappa shape index (κ2) is 11.7. The minimum Gasteiger partial charge on any atom is -0.267 e. The molecule has 0 fully saturated rings. The van der Waals surface area contributed by atoms with Gasteiger partial charge in [-0.25, -0.2) is 10.1 Å². The number of carbonyl (C=O) groups is 1. The van der Waals surface area contributed by atoms with E-state index in [4.69, 9.17) is 0 Å². The average Bonchev–Trinajstić information content (AvgIpc) is 2.81. The number of aromatic nitrogens is 2. The number of nitrogens with zero attached hydrogens (tertiary/aromatic N) is 3. The number of hydrazone groups is 1. The lowest BCUT2D eigenvalue weighted by molar-refractivity contribution is 0.0949. The Labute approximate surface area is 188 Å². The number of allylic oxidation sites excluding steroid dienone is 1. The first-order chi connectivity index (χ1) is 15.6. The van der Waals surface area contributed by atoms with Crippen LogP contribution in [0.2, 0.25) is 0 Å². The molecule has 2 aromatic carbocycles. The summed E-state index contributed by atoms with van der Waals surface area (Å²) in [6, 6.07) is 17.1. The first kappa shape index (κ1) is 23.1. The maximum absolute atomic E-state index is 12.9. The molecule has 0 spiro atoms. The Morgan fingerprint density at radius 1 is 1.00 bits per heavy atom. The van der Waals surface area contributed by atoms with Crippen LogP contribution in [0, 0.1) is 0 Å². The number of nitrogens with one attached hydrogen (secondary N) is 1. The van der Waals surface area contributed by atoms with Crippen molar-refractivity contribution in [1.82, 2.24) is 15.2 Å². The van der Waals surface area contributed by atoms with Gasteiger partial charge in [-0.3, -0.25) is 9.59 Å². The first-order valence-corrected chi connectivity index (χ1v) is 11.2. The summed E-state index contributed by atoms with van der Waals surface area (Å²) in [6.07, 6.45) is 8.74. The highest BCUT2D eigenvalue weighted by molar-refractivity contribution is 6.05. The number of fused-ring (bicyclic) bond motifs is 1. The lowest BCUT2D eigenvalue weighted by Gasteiger charge is -2.09. The quantitative estimate of drug-likeness (QED) is 0.273.